The first-order valence-electron chi connectivity index (χ1n) is 6.18. The maximum atomic E-state index is 12.4. The fourth-order valence-corrected chi connectivity index (χ4v) is 2.09. The minimum absolute atomic E-state index is 0.0738. The average molecular weight is 263 g/mol. The first-order valence-corrected chi connectivity index (χ1v) is 6.18. The molecule has 1 aromatic rings. The molecule has 19 heavy (non-hydrogen) atoms. The minimum Gasteiger partial charge on any atom is -0.467 e. The molecule has 5 nitrogen and oxygen atoms in total. The second kappa shape index (κ2) is 5.84. The summed E-state index contributed by atoms with van der Waals surface area (Å²) >= 11 is 0. The normalized spacial score (nSPS) is 19.1. The highest BCUT2D eigenvalue weighted by Crippen LogP contribution is 2.14. The summed E-state index contributed by atoms with van der Waals surface area (Å²) in [5.74, 6) is -0.516. The summed E-state index contributed by atoms with van der Waals surface area (Å²) in [5, 5.41) is 0. The number of benzene rings is 1. The van der Waals surface area contributed by atoms with Gasteiger partial charge in [0, 0.05) is 12.1 Å². The summed E-state index contributed by atoms with van der Waals surface area (Å²) in [6.07, 6.45) is -0.688. The van der Waals surface area contributed by atoms with Crippen molar-refractivity contribution in [2.24, 2.45) is 0 Å². The molecule has 0 aromatic heterocycles. The lowest BCUT2D eigenvalue weighted by Crippen LogP contribution is -2.49. The Morgan fingerprint density at radius 1 is 1.37 bits per heavy atom. The highest BCUT2D eigenvalue weighted by atomic mass is 16.6. The molecule has 2 rings (SSSR count). The highest BCUT2D eigenvalue weighted by molar-refractivity contribution is 5.96. The van der Waals surface area contributed by atoms with Gasteiger partial charge >= 0.3 is 5.97 Å². The predicted octanol–water partition coefficient (Wildman–Crippen LogP) is 1.01. The number of carbonyl (C=O) groups is 2. The van der Waals surface area contributed by atoms with E-state index in [1.54, 1.807) is 11.0 Å². The zero-order valence-corrected chi connectivity index (χ0v) is 11.1. The van der Waals surface area contributed by atoms with Gasteiger partial charge in [0.05, 0.1) is 20.3 Å². The second-order valence-electron chi connectivity index (χ2n) is 4.45. The standard InChI is InChI=1S/C14H17NO4/c1-10-5-3-4-6-11(10)13(16)15-7-8-19-12(9-15)14(17)18-2/h3-6,12H,7-9H2,1-2H3. The van der Waals surface area contributed by atoms with Gasteiger partial charge in [-0.2, -0.15) is 0 Å². The number of amides is 1. The number of hydrogen-bond donors (Lipinski definition) is 0. The third-order valence-electron chi connectivity index (χ3n) is 3.19. The van der Waals surface area contributed by atoms with E-state index in [2.05, 4.69) is 4.74 Å². The van der Waals surface area contributed by atoms with Gasteiger partial charge in [-0.25, -0.2) is 4.79 Å². The van der Waals surface area contributed by atoms with Crippen LogP contribution in [-0.4, -0.2) is 49.7 Å². The van der Waals surface area contributed by atoms with Gasteiger partial charge in [-0.3, -0.25) is 4.79 Å². The molecule has 102 valence electrons. The number of morpholine rings is 1. The molecule has 1 aromatic carbocycles. The van der Waals surface area contributed by atoms with E-state index >= 15 is 0 Å². The topological polar surface area (TPSA) is 55.8 Å². The van der Waals surface area contributed by atoms with Crippen LogP contribution in [-0.2, 0) is 14.3 Å². The fourth-order valence-electron chi connectivity index (χ4n) is 2.09. The van der Waals surface area contributed by atoms with Crippen molar-refractivity contribution in [3.63, 3.8) is 0 Å². The Labute approximate surface area is 112 Å². The first-order chi connectivity index (χ1) is 9.13. The second-order valence-corrected chi connectivity index (χ2v) is 4.45. The lowest BCUT2D eigenvalue weighted by atomic mass is 10.1. The van der Waals surface area contributed by atoms with Crippen LogP contribution in [0.3, 0.4) is 0 Å². The van der Waals surface area contributed by atoms with Gasteiger partial charge < -0.3 is 14.4 Å². The van der Waals surface area contributed by atoms with Crippen molar-refractivity contribution in [2.45, 2.75) is 13.0 Å². The van der Waals surface area contributed by atoms with Crippen molar-refractivity contribution in [1.82, 2.24) is 4.90 Å². The summed E-state index contributed by atoms with van der Waals surface area (Å²) in [6.45, 7) is 2.96. The largest absolute Gasteiger partial charge is 0.467 e. The van der Waals surface area contributed by atoms with Crippen LogP contribution in [0.5, 0.6) is 0 Å². The van der Waals surface area contributed by atoms with Crippen molar-refractivity contribution in [1.29, 1.82) is 0 Å². The summed E-state index contributed by atoms with van der Waals surface area (Å²) in [6, 6.07) is 7.41. The average Bonchev–Trinajstić information content (AvgIpc) is 2.46. The van der Waals surface area contributed by atoms with E-state index in [4.69, 9.17) is 4.74 Å². The molecule has 0 aliphatic carbocycles. The number of methoxy groups -OCH3 is 1. The molecule has 1 aliphatic heterocycles. The zero-order valence-electron chi connectivity index (χ0n) is 11.1. The van der Waals surface area contributed by atoms with E-state index in [0.717, 1.165) is 5.56 Å². The predicted molar refractivity (Wildman–Crippen MR) is 68.8 cm³/mol. The molecule has 1 amide bonds. The number of rotatable bonds is 2. The van der Waals surface area contributed by atoms with Crippen molar-refractivity contribution >= 4 is 11.9 Å². The lowest BCUT2D eigenvalue weighted by Gasteiger charge is -2.31. The van der Waals surface area contributed by atoms with Crippen LogP contribution in [0, 0.1) is 6.92 Å². The quantitative estimate of drug-likeness (QED) is 0.747. The summed E-state index contributed by atoms with van der Waals surface area (Å²) in [7, 11) is 1.31. The number of ether oxygens (including phenoxy) is 2. The van der Waals surface area contributed by atoms with Crippen molar-refractivity contribution < 1.29 is 19.1 Å². The molecule has 0 bridgehead atoms. The highest BCUT2D eigenvalue weighted by Gasteiger charge is 2.30. The van der Waals surface area contributed by atoms with Crippen LogP contribution in [0.4, 0.5) is 0 Å². The lowest BCUT2D eigenvalue weighted by molar-refractivity contribution is -0.158. The molecule has 1 heterocycles. The molecule has 0 saturated carbocycles. The molecule has 1 unspecified atom stereocenters. The van der Waals surface area contributed by atoms with E-state index in [9.17, 15) is 9.59 Å². The maximum absolute atomic E-state index is 12.4. The molecule has 0 N–H and O–H groups in total. The number of esters is 1. The number of nitrogens with zero attached hydrogens (tertiary/aromatic N) is 1. The smallest absolute Gasteiger partial charge is 0.336 e. The van der Waals surface area contributed by atoms with Crippen LogP contribution in [0.15, 0.2) is 24.3 Å². The van der Waals surface area contributed by atoms with E-state index in [1.165, 1.54) is 7.11 Å². The van der Waals surface area contributed by atoms with Crippen LogP contribution in [0.2, 0.25) is 0 Å². The molecular formula is C14H17NO4. The molecule has 1 atom stereocenters. The monoisotopic (exact) mass is 263 g/mol. The van der Waals surface area contributed by atoms with E-state index < -0.39 is 12.1 Å². The number of aryl methyl sites for hydroxylation is 1. The number of hydrogen-bond acceptors (Lipinski definition) is 4. The fraction of sp³-hybridized carbons (Fsp3) is 0.429. The van der Waals surface area contributed by atoms with Gasteiger partial charge in [-0.05, 0) is 18.6 Å². The molecule has 0 radical (unpaired) electrons. The molecular weight excluding hydrogens is 246 g/mol. The Morgan fingerprint density at radius 3 is 2.79 bits per heavy atom. The molecule has 5 heteroatoms. The van der Waals surface area contributed by atoms with E-state index in [1.807, 2.05) is 25.1 Å². The minimum atomic E-state index is -0.688. The van der Waals surface area contributed by atoms with Gasteiger partial charge in [0.2, 0.25) is 0 Å². The molecule has 1 fully saturated rings. The Morgan fingerprint density at radius 2 is 2.11 bits per heavy atom. The van der Waals surface area contributed by atoms with Crippen LogP contribution in [0.1, 0.15) is 15.9 Å². The molecule has 1 aliphatic rings. The van der Waals surface area contributed by atoms with Crippen LogP contribution in [0.25, 0.3) is 0 Å². The Balaban J connectivity index is 2.11. The number of carbonyl (C=O) groups excluding carboxylic acids is 2. The third kappa shape index (κ3) is 2.93. The third-order valence-corrected chi connectivity index (χ3v) is 3.19. The summed E-state index contributed by atoms with van der Waals surface area (Å²) in [5.41, 5.74) is 1.58. The van der Waals surface area contributed by atoms with Crippen molar-refractivity contribution in [2.75, 3.05) is 26.8 Å². The van der Waals surface area contributed by atoms with Gasteiger partial charge in [0.1, 0.15) is 0 Å². The van der Waals surface area contributed by atoms with Gasteiger partial charge in [-0.15, -0.1) is 0 Å². The zero-order chi connectivity index (χ0) is 13.8. The maximum Gasteiger partial charge on any atom is 0.336 e. The Kier molecular flexibility index (Phi) is 4.16. The Hall–Kier alpha value is -1.88. The van der Waals surface area contributed by atoms with E-state index in [0.29, 0.717) is 18.7 Å². The molecule has 1 saturated heterocycles. The van der Waals surface area contributed by atoms with Crippen molar-refractivity contribution in [3.05, 3.63) is 35.4 Å². The van der Waals surface area contributed by atoms with Crippen LogP contribution >= 0.6 is 0 Å². The van der Waals surface area contributed by atoms with E-state index in [-0.39, 0.29) is 12.5 Å². The molecule has 0 spiro atoms. The Bertz CT molecular complexity index is 486. The summed E-state index contributed by atoms with van der Waals surface area (Å²) in [4.78, 5) is 25.5. The summed E-state index contributed by atoms with van der Waals surface area (Å²) < 4.78 is 9.95. The van der Waals surface area contributed by atoms with Gasteiger partial charge in [-0.1, -0.05) is 18.2 Å². The van der Waals surface area contributed by atoms with Gasteiger partial charge in [0.15, 0.2) is 6.10 Å². The van der Waals surface area contributed by atoms with Crippen LogP contribution < -0.4 is 0 Å². The van der Waals surface area contributed by atoms with Gasteiger partial charge in [0.25, 0.3) is 5.91 Å². The van der Waals surface area contributed by atoms with Crippen molar-refractivity contribution in [3.8, 4) is 0 Å². The SMILES string of the molecule is COC(=O)C1CN(C(=O)c2ccccc2C)CCO1. The first kappa shape index (κ1) is 13.5.